The van der Waals surface area contributed by atoms with E-state index in [1.165, 1.54) is 6.21 Å². The number of hydrogen-bond donors (Lipinski definition) is 3. The molecular formula is C15H18BrN3O5. The SMILES string of the molecule is CC(C)CNC(=O)C(=O)N/N=C\c1ccc(OCC(=O)O)c(Br)c1. The van der Waals surface area contributed by atoms with Crippen molar-refractivity contribution in [2.75, 3.05) is 13.2 Å². The summed E-state index contributed by atoms with van der Waals surface area (Å²) < 4.78 is 5.60. The molecule has 0 saturated heterocycles. The third kappa shape index (κ3) is 7.23. The van der Waals surface area contributed by atoms with Crippen LogP contribution in [0.4, 0.5) is 0 Å². The number of nitrogens with one attached hydrogen (secondary N) is 2. The Balaban J connectivity index is 2.55. The lowest BCUT2D eigenvalue weighted by Crippen LogP contribution is -2.39. The lowest BCUT2D eigenvalue weighted by atomic mass is 10.2. The molecule has 0 spiro atoms. The van der Waals surface area contributed by atoms with Crippen molar-refractivity contribution in [3.63, 3.8) is 0 Å². The fourth-order valence-electron chi connectivity index (χ4n) is 1.45. The molecule has 0 radical (unpaired) electrons. The molecule has 3 N–H and O–H groups in total. The van der Waals surface area contributed by atoms with Crippen LogP contribution in [0.2, 0.25) is 0 Å². The van der Waals surface area contributed by atoms with Gasteiger partial charge in [0.1, 0.15) is 5.75 Å². The number of amides is 2. The summed E-state index contributed by atoms with van der Waals surface area (Å²) in [4.78, 5) is 33.4. The Hall–Kier alpha value is -2.42. The zero-order valence-corrected chi connectivity index (χ0v) is 14.8. The number of carbonyl (C=O) groups excluding carboxylic acids is 2. The van der Waals surface area contributed by atoms with Crippen LogP contribution in [-0.2, 0) is 14.4 Å². The number of halogens is 1. The second-order valence-corrected chi connectivity index (χ2v) is 6.03. The van der Waals surface area contributed by atoms with Crippen LogP contribution >= 0.6 is 15.9 Å². The van der Waals surface area contributed by atoms with E-state index in [4.69, 9.17) is 9.84 Å². The molecular weight excluding hydrogens is 382 g/mol. The second kappa shape index (κ2) is 9.66. The predicted octanol–water partition coefficient (Wildman–Crippen LogP) is 1.13. The Morgan fingerprint density at radius 3 is 2.62 bits per heavy atom. The third-order valence-corrected chi connectivity index (χ3v) is 3.18. The number of carboxylic acid groups (broad SMARTS) is 1. The van der Waals surface area contributed by atoms with E-state index in [2.05, 4.69) is 31.8 Å². The van der Waals surface area contributed by atoms with Crippen molar-refractivity contribution >= 4 is 39.9 Å². The summed E-state index contributed by atoms with van der Waals surface area (Å²) in [5, 5.41) is 14.7. The summed E-state index contributed by atoms with van der Waals surface area (Å²) in [7, 11) is 0. The highest BCUT2D eigenvalue weighted by molar-refractivity contribution is 9.10. The van der Waals surface area contributed by atoms with Crippen LogP contribution in [-0.4, -0.2) is 42.3 Å². The number of ether oxygens (including phenoxy) is 1. The van der Waals surface area contributed by atoms with Crippen molar-refractivity contribution in [3.05, 3.63) is 28.2 Å². The number of aliphatic carboxylic acids is 1. The van der Waals surface area contributed by atoms with E-state index in [1.54, 1.807) is 18.2 Å². The van der Waals surface area contributed by atoms with Crippen LogP contribution in [0.3, 0.4) is 0 Å². The summed E-state index contributed by atoms with van der Waals surface area (Å²) in [6.45, 7) is 3.78. The van der Waals surface area contributed by atoms with Crippen LogP contribution in [0.1, 0.15) is 19.4 Å². The first-order valence-electron chi connectivity index (χ1n) is 7.05. The van der Waals surface area contributed by atoms with Gasteiger partial charge in [0.25, 0.3) is 0 Å². The molecule has 0 saturated carbocycles. The maximum Gasteiger partial charge on any atom is 0.341 e. The van der Waals surface area contributed by atoms with E-state index in [-0.39, 0.29) is 5.92 Å². The topological polar surface area (TPSA) is 117 Å². The summed E-state index contributed by atoms with van der Waals surface area (Å²) >= 11 is 3.24. The van der Waals surface area contributed by atoms with Gasteiger partial charge >= 0.3 is 17.8 Å². The standard InChI is InChI=1S/C15H18BrN3O5/c1-9(2)6-17-14(22)15(23)19-18-7-10-3-4-12(11(16)5-10)24-8-13(20)21/h3-5,7,9H,6,8H2,1-2H3,(H,17,22)(H,19,23)(H,20,21)/b18-7-. The molecule has 0 atom stereocenters. The molecule has 130 valence electrons. The minimum Gasteiger partial charge on any atom is -0.481 e. The molecule has 9 heteroatoms. The molecule has 1 rings (SSSR count). The van der Waals surface area contributed by atoms with Gasteiger partial charge in [-0.3, -0.25) is 9.59 Å². The zero-order chi connectivity index (χ0) is 18.1. The Morgan fingerprint density at radius 2 is 2.04 bits per heavy atom. The monoisotopic (exact) mass is 399 g/mol. The second-order valence-electron chi connectivity index (χ2n) is 5.18. The first kappa shape index (κ1) is 19.6. The molecule has 8 nitrogen and oxygen atoms in total. The van der Waals surface area contributed by atoms with E-state index in [1.807, 2.05) is 13.8 Å². The van der Waals surface area contributed by atoms with E-state index in [9.17, 15) is 14.4 Å². The van der Waals surface area contributed by atoms with Crippen molar-refractivity contribution in [3.8, 4) is 5.75 Å². The average molecular weight is 400 g/mol. The van der Waals surface area contributed by atoms with Gasteiger partial charge in [-0.05, 0) is 45.6 Å². The fraction of sp³-hybridized carbons (Fsp3) is 0.333. The number of rotatable bonds is 7. The molecule has 24 heavy (non-hydrogen) atoms. The molecule has 0 heterocycles. The quantitative estimate of drug-likeness (QED) is 0.361. The molecule has 0 fully saturated rings. The number of hydrazone groups is 1. The van der Waals surface area contributed by atoms with E-state index in [0.29, 0.717) is 22.3 Å². The van der Waals surface area contributed by atoms with Crippen LogP contribution in [0, 0.1) is 5.92 Å². The highest BCUT2D eigenvalue weighted by Crippen LogP contribution is 2.25. The molecule has 2 amide bonds. The van der Waals surface area contributed by atoms with E-state index >= 15 is 0 Å². The van der Waals surface area contributed by atoms with E-state index < -0.39 is 24.4 Å². The van der Waals surface area contributed by atoms with Gasteiger partial charge in [0.15, 0.2) is 6.61 Å². The molecule has 0 aromatic heterocycles. The van der Waals surface area contributed by atoms with Crippen molar-refractivity contribution in [1.82, 2.24) is 10.7 Å². The Morgan fingerprint density at radius 1 is 1.33 bits per heavy atom. The first-order valence-corrected chi connectivity index (χ1v) is 7.84. The number of hydrogen-bond acceptors (Lipinski definition) is 5. The van der Waals surface area contributed by atoms with Crippen LogP contribution in [0.5, 0.6) is 5.75 Å². The average Bonchev–Trinajstić information content (AvgIpc) is 2.51. The Kier molecular flexibility index (Phi) is 7.90. The maximum atomic E-state index is 11.5. The van der Waals surface area contributed by atoms with Crippen LogP contribution < -0.4 is 15.5 Å². The van der Waals surface area contributed by atoms with Gasteiger partial charge in [-0.1, -0.05) is 13.8 Å². The van der Waals surface area contributed by atoms with Gasteiger partial charge in [0.2, 0.25) is 0 Å². The zero-order valence-electron chi connectivity index (χ0n) is 13.2. The van der Waals surface area contributed by atoms with E-state index in [0.717, 1.165) is 0 Å². The van der Waals surface area contributed by atoms with Crippen molar-refractivity contribution in [2.24, 2.45) is 11.0 Å². The highest BCUT2D eigenvalue weighted by atomic mass is 79.9. The Labute approximate surface area is 147 Å². The normalized spacial score (nSPS) is 10.7. The number of nitrogens with zero attached hydrogens (tertiary/aromatic N) is 1. The van der Waals surface area contributed by atoms with Crippen molar-refractivity contribution < 1.29 is 24.2 Å². The molecule has 0 bridgehead atoms. The third-order valence-electron chi connectivity index (χ3n) is 2.56. The number of carboxylic acids is 1. The predicted molar refractivity (Wildman–Crippen MR) is 90.9 cm³/mol. The largest absolute Gasteiger partial charge is 0.481 e. The molecule has 0 aliphatic carbocycles. The van der Waals surface area contributed by atoms with Gasteiger partial charge < -0.3 is 15.2 Å². The summed E-state index contributed by atoms with van der Waals surface area (Å²) in [5.74, 6) is -2.08. The minimum absolute atomic E-state index is 0.240. The molecule has 0 aliphatic rings. The Bertz CT molecular complexity index is 646. The summed E-state index contributed by atoms with van der Waals surface area (Å²) in [5.41, 5.74) is 2.74. The smallest absolute Gasteiger partial charge is 0.341 e. The van der Waals surface area contributed by atoms with Crippen molar-refractivity contribution in [2.45, 2.75) is 13.8 Å². The minimum atomic E-state index is -1.08. The number of benzene rings is 1. The molecule has 0 unspecified atom stereocenters. The van der Waals surface area contributed by atoms with Crippen molar-refractivity contribution in [1.29, 1.82) is 0 Å². The van der Waals surface area contributed by atoms with Gasteiger partial charge in [0.05, 0.1) is 10.7 Å². The molecule has 1 aromatic carbocycles. The van der Waals surface area contributed by atoms with Crippen LogP contribution in [0.15, 0.2) is 27.8 Å². The van der Waals surface area contributed by atoms with Gasteiger partial charge in [-0.2, -0.15) is 5.10 Å². The lowest BCUT2D eigenvalue weighted by Gasteiger charge is -2.06. The fourth-order valence-corrected chi connectivity index (χ4v) is 1.96. The van der Waals surface area contributed by atoms with Gasteiger partial charge in [-0.25, -0.2) is 10.2 Å². The molecule has 0 aliphatic heterocycles. The van der Waals surface area contributed by atoms with Gasteiger partial charge in [0, 0.05) is 6.54 Å². The highest BCUT2D eigenvalue weighted by Gasteiger charge is 2.12. The molecule has 1 aromatic rings. The summed E-state index contributed by atoms with van der Waals surface area (Å²) in [6.07, 6.45) is 1.35. The maximum absolute atomic E-state index is 11.5. The lowest BCUT2D eigenvalue weighted by molar-refractivity contribution is -0.139. The number of carbonyl (C=O) groups is 3. The summed E-state index contributed by atoms with van der Waals surface area (Å²) in [6, 6.07) is 4.81. The van der Waals surface area contributed by atoms with Crippen LogP contribution in [0.25, 0.3) is 0 Å². The first-order chi connectivity index (χ1) is 11.3. The van der Waals surface area contributed by atoms with Gasteiger partial charge in [-0.15, -0.1) is 0 Å².